The molecule has 19 heavy (non-hydrogen) atoms. The van der Waals surface area contributed by atoms with Gasteiger partial charge in [-0.1, -0.05) is 36.4 Å². The van der Waals surface area contributed by atoms with Crippen molar-refractivity contribution in [3.63, 3.8) is 0 Å². The van der Waals surface area contributed by atoms with Gasteiger partial charge in [0.05, 0.1) is 10.1 Å². The van der Waals surface area contributed by atoms with Crippen LogP contribution in [0, 0.1) is 0 Å². The van der Waals surface area contributed by atoms with E-state index in [9.17, 15) is 8.42 Å². The highest BCUT2D eigenvalue weighted by Crippen LogP contribution is 2.38. The molecule has 1 fully saturated rings. The van der Waals surface area contributed by atoms with E-state index in [2.05, 4.69) is 0 Å². The molecule has 0 amide bonds. The van der Waals surface area contributed by atoms with Gasteiger partial charge in [0, 0.05) is 11.3 Å². The van der Waals surface area contributed by atoms with Crippen LogP contribution in [-0.2, 0) is 9.84 Å². The topological polar surface area (TPSA) is 60.2 Å². The molecule has 0 aromatic heterocycles. The van der Waals surface area contributed by atoms with E-state index in [1.165, 1.54) is 0 Å². The van der Waals surface area contributed by atoms with Crippen LogP contribution in [0.2, 0.25) is 0 Å². The zero-order chi connectivity index (χ0) is 13.5. The third-order valence-electron chi connectivity index (χ3n) is 3.36. The lowest BCUT2D eigenvalue weighted by Crippen LogP contribution is -2.09. The molecule has 0 bridgehead atoms. The Kier molecular flexibility index (Phi) is 2.82. The van der Waals surface area contributed by atoms with Crippen LogP contribution in [0.4, 0.5) is 5.69 Å². The lowest BCUT2D eigenvalue weighted by molar-refractivity contribution is 0.595. The molecule has 98 valence electrons. The minimum atomic E-state index is -3.25. The number of nitrogens with two attached hydrogens (primary N) is 1. The second-order valence-electron chi connectivity index (χ2n) is 4.87. The van der Waals surface area contributed by atoms with Crippen LogP contribution in [0.1, 0.15) is 12.8 Å². The van der Waals surface area contributed by atoms with E-state index in [1.54, 1.807) is 18.2 Å². The minimum Gasteiger partial charge on any atom is -0.399 e. The van der Waals surface area contributed by atoms with Crippen LogP contribution < -0.4 is 5.73 Å². The van der Waals surface area contributed by atoms with Gasteiger partial charge < -0.3 is 5.73 Å². The van der Waals surface area contributed by atoms with Crippen LogP contribution in [0.25, 0.3) is 11.1 Å². The Bertz CT molecular complexity index is 704. The first-order valence-electron chi connectivity index (χ1n) is 6.28. The van der Waals surface area contributed by atoms with Gasteiger partial charge in [-0.25, -0.2) is 8.42 Å². The summed E-state index contributed by atoms with van der Waals surface area (Å²) in [6.45, 7) is 0. The van der Waals surface area contributed by atoms with E-state index in [1.807, 2.05) is 30.3 Å². The molecule has 2 aromatic carbocycles. The molecule has 1 aliphatic rings. The van der Waals surface area contributed by atoms with E-state index < -0.39 is 9.84 Å². The van der Waals surface area contributed by atoms with Gasteiger partial charge in [-0.3, -0.25) is 0 Å². The average Bonchev–Trinajstić information content (AvgIpc) is 3.24. The largest absolute Gasteiger partial charge is 0.399 e. The molecule has 0 saturated heterocycles. The van der Waals surface area contributed by atoms with Crippen molar-refractivity contribution in [3.8, 4) is 11.1 Å². The Morgan fingerprint density at radius 1 is 1.00 bits per heavy atom. The summed E-state index contributed by atoms with van der Waals surface area (Å²) in [5.74, 6) is 0. The Balaban J connectivity index is 2.21. The van der Waals surface area contributed by atoms with Crippen molar-refractivity contribution in [2.75, 3.05) is 5.73 Å². The van der Waals surface area contributed by atoms with E-state index >= 15 is 0 Å². The summed E-state index contributed by atoms with van der Waals surface area (Å²) in [5.41, 5.74) is 7.89. The average molecular weight is 273 g/mol. The van der Waals surface area contributed by atoms with Gasteiger partial charge in [-0.15, -0.1) is 0 Å². The molecule has 3 rings (SSSR count). The Labute approximate surface area is 113 Å². The van der Waals surface area contributed by atoms with Crippen molar-refractivity contribution < 1.29 is 8.42 Å². The monoisotopic (exact) mass is 273 g/mol. The Morgan fingerprint density at radius 3 is 2.32 bits per heavy atom. The summed E-state index contributed by atoms with van der Waals surface area (Å²) >= 11 is 0. The smallest absolute Gasteiger partial charge is 0.181 e. The number of nitrogen functional groups attached to an aromatic ring is 1. The van der Waals surface area contributed by atoms with Crippen molar-refractivity contribution in [3.05, 3.63) is 48.5 Å². The zero-order valence-corrected chi connectivity index (χ0v) is 11.2. The number of benzene rings is 2. The highest BCUT2D eigenvalue weighted by Gasteiger charge is 2.38. The maximum Gasteiger partial charge on any atom is 0.181 e. The SMILES string of the molecule is Nc1ccc(-c2ccccc2)c(S(=O)(=O)C2CC2)c1. The first-order chi connectivity index (χ1) is 9.09. The lowest BCUT2D eigenvalue weighted by Gasteiger charge is -2.11. The molecule has 4 heteroatoms. The van der Waals surface area contributed by atoms with Crippen molar-refractivity contribution >= 4 is 15.5 Å². The first kappa shape index (κ1) is 12.2. The van der Waals surface area contributed by atoms with Crippen molar-refractivity contribution in [1.82, 2.24) is 0 Å². The van der Waals surface area contributed by atoms with Crippen LogP contribution in [-0.4, -0.2) is 13.7 Å². The quantitative estimate of drug-likeness (QED) is 0.875. The molecular formula is C15H15NO2S. The molecule has 2 aromatic rings. The third kappa shape index (κ3) is 2.24. The second kappa shape index (κ2) is 4.38. The molecule has 1 aliphatic carbocycles. The van der Waals surface area contributed by atoms with Gasteiger partial charge in [0.25, 0.3) is 0 Å². The van der Waals surface area contributed by atoms with Crippen LogP contribution in [0.5, 0.6) is 0 Å². The molecule has 2 N–H and O–H groups in total. The number of hydrogen-bond donors (Lipinski definition) is 1. The maximum absolute atomic E-state index is 12.5. The minimum absolute atomic E-state index is 0.225. The summed E-state index contributed by atoms with van der Waals surface area (Å²) in [4.78, 5) is 0.362. The number of rotatable bonds is 3. The maximum atomic E-state index is 12.5. The predicted molar refractivity (Wildman–Crippen MR) is 76.5 cm³/mol. The van der Waals surface area contributed by atoms with E-state index in [0.717, 1.165) is 24.0 Å². The molecule has 0 radical (unpaired) electrons. The van der Waals surface area contributed by atoms with Crippen molar-refractivity contribution in [2.24, 2.45) is 0 Å². The summed E-state index contributed by atoms with van der Waals surface area (Å²) in [6.07, 6.45) is 1.51. The van der Waals surface area contributed by atoms with E-state index in [4.69, 9.17) is 5.73 Å². The lowest BCUT2D eigenvalue weighted by atomic mass is 10.1. The van der Waals surface area contributed by atoms with Crippen LogP contribution >= 0.6 is 0 Å². The predicted octanol–water partition coefficient (Wildman–Crippen LogP) is 2.87. The fourth-order valence-electron chi connectivity index (χ4n) is 2.19. The fourth-order valence-corrected chi connectivity index (χ4v) is 4.10. The standard InChI is InChI=1S/C15H15NO2S/c16-12-6-9-14(11-4-2-1-3-5-11)15(10-12)19(17,18)13-7-8-13/h1-6,9-10,13H,7-8,16H2. The van der Waals surface area contributed by atoms with Crippen LogP contribution in [0.3, 0.4) is 0 Å². The van der Waals surface area contributed by atoms with Gasteiger partial charge >= 0.3 is 0 Å². The number of anilines is 1. The number of hydrogen-bond acceptors (Lipinski definition) is 3. The number of sulfone groups is 1. The Morgan fingerprint density at radius 2 is 1.68 bits per heavy atom. The summed E-state index contributed by atoms with van der Waals surface area (Å²) in [5, 5.41) is -0.225. The molecule has 0 aliphatic heterocycles. The van der Waals surface area contributed by atoms with Crippen LogP contribution in [0.15, 0.2) is 53.4 Å². The van der Waals surface area contributed by atoms with Gasteiger partial charge in [-0.2, -0.15) is 0 Å². The summed E-state index contributed by atoms with van der Waals surface area (Å²) in [6, 6.07) is 14.7. The Hall–Kier alpha value is -1.81. The van der Waals surface area contributed by atoms with E-state index in [-0.39, 0.29) is 5.25 Å². The van der Waals surface area contributed by atoms with Gasteiger partial charge in [0.1, 0.15) is 0 Å². The van der Waals surface area contributed by atoms with Crippen molar-refractivity contribution in [2.45, 2.75) is 23.0 Å². The third-order valence-corrected chi connectivity index (χ3v) is 5.66. The molecule has 0 unspecified atom stereocenters. The second-order valence-corrected chi connectivity index (χ2v) is 7.06. The molecule has 0 atom stereocenters. The zero-order valence-electron chi connectivity index (χ0n) is 10.4. The highest BCUT2D eigenvalue weighted by atomic mass is 32.2. The van der Waals surface area contributed by atoms with Gasteiger partial charge in [-0.05, 0) is 30.5 Å². The van der Waals surface area contributed by atoms with Crippen molar-refractivity contribution in [1.29, 1.82) is 0 Å². The first-order valence-corrected chi connectivity index (χ1v) is 7.82. The van der Waals surface area contributed by atoms with E-state index in [0.29, 0.717) is 10.6 Å². The van der Waals surface area contributed by atoms with Gasteiger partial charge in [0.2, 0.25) is 0 Å². The van der Waals surface area contributed by atoms with Gasteiger partial charge in [0.15, 0.2) is 9.84 Å². The highest BCUT2D eigenvalue weighted by molar-refractivity contribution is 7.92. The molecular weight excluding hydrogens is 258 g/mol. The summed E-state index contributed by atoms with van der Waals surface area (Å²) in [7, 11) is -3.25. The molecule has 1 saturated carbocycles. The molecule has 0 spiro atoms. The normalized spacial score (nSPS) is 15.4. The molecule has 3 nitrogen and oxygen atoms in total. The summed E-state index contributed by atoms with van der Waals surface area (Å²) < 4.78 is 25.0. The molecule has 0 heterocycles. The fraction of sp³-hybridized carbons (Fsp3) is 0.200.